The molecule has 2 aliphatic rings. The van der Waals surface area contributed by atoms with Crippen LogP contribution in [0.2, 0.25) is 0 Å². The SMILES string of the molecule is O=C(CN1C(=O)S/C(=C/c2cccc(OCCOc3ccccc3)c2)C1=O)N1CCOCC1. The number of benzene rings is 2. The molecule has 2 aromatic rings. The quantitative estimate of drug-likeness (QED) is 0.435. The maximum Gasteiger partial charge on any atom is 0.294 e. The van der Waals surface area contributed by atoms with Crippen LogP contribution in [0.15, 0.2) is 59.5 Å². The zero-order valence-corrected chi connectivity index (χ0v) is 18.8. The molecule has 0 spiro atoms. The predicted octanol–water partition coefficient (Wildman–Crippen LogP) is 3.04. The molecule has 3 amide bonds. The minimum Gasteiger partial charge on any atom is -0.490 e. The van der Waals surface area contributed by atoms with Crippen LogP contribution in [0.4, 0.5) is 4.79 Å². The fourth-order valence-electron chi connectivity index (χ4n) is 3.37. The number of ether oxygens (including phenoxy) is 3. The Morgan fingerprint density at radius 2 is 1.67 bits per heavy atom. The van der Waals surface area contributed by atoms with E-state index in [2.05, 4.69) is 0 Å². The van der Waals surface area contributed by atoms with Gasteiger partial charge in [0.15, 0.2) is 0 Å². The zero-order valence-electron chi connectivity index (χ0n) is 18.0. The molecule has 0 aromatic heterocycles. The van der Waals surface area contributed by atoms with E-state index in [1.807, 2.05) is 48.5 Å². The first-order chi connectivity index (χ1) is 16.1. The van der Waals surface area contributed by atoms with Crippen LogP contribution in [0.25, 0.3) is 6.08 Å². The van der Waals surface area contributed by atoms with Crippen LogP contribution >= 0.6 is 11.8 Å². The number of carbonyl (C=O) groups excluding carboxylic acids is 3. The third-order valence-corrected chi connectivity index (χ3v) is 5.96. The maximum absolute atomic E-state index is 12.7. The fraction of sp³-hybridized carbons (Fsp3) is 0.292. The van der Waals surface area contributed by atoms with Gasteiger partial charge in [0.05, 0.1) is 18.1 Å². The van der Waals surface area contributed by atoms with Gasteiger partial charge in [-0.1, -0.05) is 30.3 Å². The third kappa shape index (κ3) is 6.15. The van der Waals surface area contributed by atoms with Gasteiger partial charge in [0, 0.05) is 13.1 Å². The number of imide groups is 1. The topological polar surface area (TPSA) is 85.4 Å². The van der Waals surface area contributed by atoms with Gasteiger partial charge < -0.3 is 19.1 Å². The monoisotopic (exact) mass is 468 g/mol. The van der Waals surface area contributed by atoms with Crippen molar-refractivity contribution in [1.29, 1.82) is 0 Å². The highest BCUT2D eigenvalue weighted by Gasteiger charge is 2.37. The Morgan fingerprint density at radius 1 is 0.970 bits per heavy atom. The van der Waals surface area contributed by atoms with Gasteiger partial charge in [0.1, 0.15) is 31.3 Å². The molecule has 172 valence electrons. The molecule has 2 aromatic carbocycles. The second-order valence-electron chi connectivity index (χ2n) is 7.34. The Hall–Kier alpha value is -3.30. The van der Waals surface area contributed by atoms with Crippen LogP contribution in [0.5, 0.6) is 11.5 Å². The molecule has 2 heterocycles. The smallest absolute Gasteiger partial charge is 0.294 e. The Bertz CT molecular complexity index is 1040. The van der Waals surface area contributed by atoms with Crippen molar-refractivity contribution < 1.29 is 28.6 Å². The summed E-state index contributed by atoms with van der Waals surface area (Å²) < 4.78 is 16.6. The third-order valence-electron chi connectivity index (χ3n) is 5.05. The zero-order chi connectivity index (χ0) is 23.0. The number of nitrogens with zero attached hydrogens (tertiary/aromatic N) is 2. The van der Waals surface area contributed by atoms with Crippen molar-refractivity contribution in [1.82, 2.24) is 9.80 Å². The minimum atomic E-state index is -0.464. The number of morpholine rings is 1. The molecule has 4 rings (SSSR count). The molecule has 2 aliphatic heterocycles. The van der Waals surface area contributed by atoms with Crippen molar-refractivity contribution in [3.63, 3.8) is 0 Å². The van der Waals surface area contributed by atoms with Crippen molar-refractivity contribution in [3.05, 3.63) is 65.1 Å². The lowest BCUT2D eigenvalue weighted by Gasteiger charge is -2.28. The normalized spacial score (nSPS) is 17.5. The summed E-state index contributed by atoms with van der Waals surface area (Å²) >= 11 is 0.833. The standard InChI is InChI=1S/C24H24N2O6S/c27-22(25-9-11-30-12-10-25)17-26-23(28)21(33-24(26)29)16-18-5-4-8-20(15-18)32-14-13-31-19-6-2-1-3-7-19/h1-8,15-16H,9-14,17H2/b21-16+. The van der Waals surface area contributed by atoms with Crippen molar-refractivity contribution >= 4 is 34.9 Å². The molecular weight excluding hydrogens is 444 g/mol. The molecular formula is C24H24N2O6S. The van der Waals surface area contributed by atoms with E-state index in [1.165, 1.54) is 0 Å². The average Bonchev–Trinajstić information content (AvgIpc) is 3.10. The molecule has 2 saturated heterocycles. The molecule has 0 atom stereocenters. The lowest BCUT2D eigenvalue weighted by molar-refractivity contribution is -0.139. The first-order valence-electron chi connectivity index (χ1n) is 10.6. The molecule has 0 unspecified atom stereocenters. The molecule has 0 aliphatic carbocycles. The highest BCUT2D eigenvalue weighted by atomic mass is 32.2. The van der Waals surface area contributed by atoms with Crippen LogP contribution in [-0.4, -0.2) is 72.9 Å². The van der Waals surface area contributed by atoms with Crippen LogP contribution in [0, 0.1) is 0 Å². The van der Waals surface area contributed by atoms with E-state index in [9.17, 15) is 14.4 Å². The van der Waals surface area contributed by atoms with Crippen molar-refractivity contribution in [2.24, 2.45) is 0 Å². The number of para-hydroxylation sites is 1. The minimum absolute atomic E-state index is 0.255. The lowest BCUT2D eigenvalue weighted by Crippen LogP contribution is -2.46. The molecule has 8 nitrogen and oxygen atoms in total. The Balaban J connectivity index is 1.33. The Labute approximate surface area is 196 Å². The number of carbonyl (C=O) groups is 3. The van der Waals surface area contributed by atoms with E-state index in [-0.39, 0.29) is 17.4 Å². The van der Waals surface area contributed by atoms with E-state index in [0.717, 1.165) is 28.0 Å². The van der Waals surface area contributed by atoms with Crippen LogP contribution in [0.3, 0.4) is 0 Å². The predicted molar refractivity (Wildman–Crippen MR) is 124 cm³/mol. The summed E-state index contributed by atoms with van der Waals surface area (Å²) in [6, 6.07) is 16.7. The van der Waals surface area contributed by atoms with Gasteiger partial charge in [-0.2, -0.15) is 0 Å². The lowest BCUT2D eigenvalue weighted by atomic mass is 10.2. The fourth-order valence-corrected chi connectivity index (χ4v) is 4.20. The van der Waals surface area contributed by atoms with Gasteiger partial charge in [0.25, 0.3) is 11.1 Å². The molecule has 9 heteroatoms. The van der Waals surface area contributed by atoms with Gasteiger partial charge in [-0.25, -0.2) is 0 Å². The van der Waals surface area contributed by atoms with Gasteiger partial charge in [-0.15, -0.1) is 0 Å². The van der Waals surface area contributed by atoms with E-state index in [1.54, 1.807) is 17.0 Å². The van der Waals surface area contributed by atoms with E-state index in [4.69, 9.17) is 14.2 Å². The number of amides is 3. The summed E-state index contributed by atoms with van der Waals surface area (Å²) in [6.45, 7) is 2.35. The number of hydrogen-bond acceptors (Lipinski definition) is 7. The summed E-state index contributed by atoms with van der Waals surface area (Å²) in [4.78, 5) is 40.4. The first kappa shape index (κ1) is 22.9. The summed E-state index contributed by atoms with van der Waals surface area (Å²) in [5, 5.41) is -0.446. The van der Waals surface area contributed by atoms with Crippen LogP contribution in [-0.2, 0) is 14.3 Å². The average molecular weight is 469 g/mol. The van der Waals surface area contributed by atoms with Gasteiger partial charge in [-0.05, 0) is 47.7 Å². The van der Waals surface area contributed by atoms with Gasteiger partial charge in [-0.3, -0.25) is 19.3 Å². The summed E-state index contributed by atoms with van der Waals surface area (Å²) in [5.41, 5.74) is 0.724. The number of hydrogen-bond donors (Lipinski definition) is 0. The Kier molecular flexibility index (Phi) is 7.64. The van der Waals surface area contributed by atoms with Crippen molar-refractivity contribution in [3.8, 4) is 11.5 Å². The highest BCUT2D eigenvalue weighted by molar-refractivity contribution is 8.18. The number of thioether (sulfide) groups is 1. The maximum atomic E-state index is 12.7. The van der Waals surface area contributed by atoms with Crippen molar-refractivity contribution in [2.75, 3.05) is 46.1 Å². The molecule has 2 fully saturated rings. The van der Waals surface area contributed by atoms with Gasteiger partial charge >= 0.3 is 0 Å². The molecule has 0 saturated carbocycles. The van der Waals surface area contributed by atoms with E-state index in [0.29, 0.717) is 45.3 Å². The summed E-state index contributed by atoms with van der Waals surface area (Å²) in [7, 11) is 0. The summed E-state index contributed by atoms with van der Waals surface area (Å²) in [5.74, 6) is 0.684. The van der Waals surface area contributed by atoms with Gasteiger partial charge in [0.2, 0.25) is 5.91 Å². The highest BCUT2D eigenvalue weighted by Crippen LogP contribution is 2.32. The van der Waals surface area contributed by atoms with Crippen LogP contribution < -0.4 is 9.47 Å². The van der Waals surface area contributed by atoms with E-state index < -0.39 is 11.1 Å². The second kappa shape index (κ2) is 11.0. The van der Waals surface area contributed by atoms with E-state index >= 15 is 0 Å². The largest absolute Gasteiger partial charge is 0.490 e. The van der Waals surface area contributed by atoms with Crippen molar-refractivity contribution in [2.45, 2.75) is 0 Å². The first-order valence-corrected chi connectivity index (χ1v) is 11.4. The van der Waals surface area contributed by atoms with Crippen LogP contribution in [0.1, 0.15) is 5.56 Å². The Morgan fingerprint density at radius 3 is 2.42 bits per heavy atom. The molecule has 33 heavy (non-hydrogen) atoms. The number of rotatable bonds is 8. The molecule has 0 bridgehead atoms. The summed E-state index contributed by atoms with van der Waals surface area (Å²) in [6.07, 6.45) is 1.64. The molecule has 0 radical (unpaired) electrons. The molecule has 0 N–H and O–H groups in total. The second-order valence-corrected chi connectivity index (χ2v) is 8.34.